The number of Topliss-reactive ketones (excluding diaryl/α,β-unsaturated/α-hetero) is 1. The highest BCUT2D eigenvalue weighted by Crippen LogP contribution is 2.43. The van der Waals surface area contributed by atoms with E-state index in [1.165, 1.54) is 9.80 Å². The third-order valence-electron chi connectivity index (χ3n) is 11.7. The molecule has 1 aliphatic carbocycles. The van der Waals surface area contributed by atoms with Crippen molar-refractivity contribution in [2.24, 2.45) is 5.92 Å². The third-order valence-corrected chi connectivity index (χ3v) is 14.8. The quantitative estimate of drug-likeness (QED) is 0.280. The van der Waals surface area contributed by atoms with E-state index >= 15 is 0 Å². The molecule has 0 aromatic heterocycles. The van der Waals surface area contributed by atoms with Crippen molar-refractivity contribution < 1.29 is 32.4 Å². The van der Waals surface area contributed by atoms with Gasteiger partial charge in [-0.15, -0.1) is 0 Å². The fourth-order valence-electron chi connectivity index (χ4n) is 8.37. The van der Waals surface area contributed by atoms with Gasteiger partial charge in [-0.3, -0.25) is 19.2 Å². The predicted octanol–water partition coefficient (Wildman–Crippen LogP) is 5.03. The Balaban J connectivity index is 1.90. The second-order valence-electron chi connectivity index (χ2n) is 16.3. The van der Waals surface area contributed by atoms with Gasteiger partial charge in [0.1, 0.15) is 12.1 Å². The Kier molecular flexibility index (Phi) is 15.8. The number of hydrogen-bond donors (Lipinski definition) is 3. The number of urea groups is 1. The summed E-state index contributed by atoms with van der Waals surface area (Å²) in [6.07, 6.45) is 12.6. The summed E-state index contributed by atoms with van der Waals surface area (Å²) < 4.78 is 26.1. The number of amides is 5. The molecular formula is C38H67N5O7S. The number of carbonyl (C=O) groups excluding carboxylic acids is 5. The molecule has 13 heteroatoms. The summed E-state index contributed by atoms with van der Waals surface area (Å²) in [5.41, 5.74) is -1.01. The molecule has 5 amide bonds. The zero-order valence-electron chi connectivity index (χ0n) is 32.5. The number of carbonyl (C=O) groups is 5. The molecule has 1 saturated carbocycles. The van der Waals surface area contributed by atoms with Crippen molar-refractivity contribution in [2.45, 2.75) is 184 Å². The van der Waals surface area contributed by atoms with Gasteiger partial charge in [0.2, 0.25) is 17.6 Å². The lowest BCUT2D eigenvalue weighted by Gasteiger charge is -2.49. The molecule has 292 valence electrons. The maximum atomic E-state index is 14.4. The summed E-state index contributed by atoms with van der Waals surface area (Å²) in [5, 5.41) is 8.29. The number of nitrogens with one attached hydrogen (secondary N) is 3. The van der Waals surface area contributed by atoms with Gasteiger partial charge >= 0.3 is 6.03 Å². The Morgan fingerprint density at radius 2 is 1.49 bits per heavy atom. The summed E-state index contributed by atoms with van der Waals surface area (Å²) in [7, 11) is -2.03. The predicted molar refractivity (Wildman–Crippen MR) is 200 cm³/mol. The van der Waals surface area contributed by atoms with Crippen molar-refractivity contribution in [2.75, 3.05) is 20.1 Å². The fourth-order valence-corrected chi connectivity index (χ4v) is 10.3. The number of sulfone groups is 1. The van der Waals surface area contributed by atoms with Crippen LogP contribution in [0.15, 0.2) is 0 Å². The van der Waals surface area contributed by atoms with Gasteiger partial charge in [-0.2, -0.15) is 0 Å². The van der Waals surface area contributed by atoms with Crippen molar-refractivity contribution in [1.82, 2.24) is 25.8 Å². The van der Waals surface area contributed by atoms with Crippen molar-refractivity contribution >= 4 is 39.4 Å². The second kappa shape index (κ2) is 18.9. The first kappa shape index (κ1) is 42.7. The SMILES string of the molecule is CCCN(C)C(=O)C(=O)[C@@H]1CCCCCCCCCC[C@H](NC(=O)NC2(C(C)(C)S(=O)(=O)C(C)C)CCCCC2)C(=O)N2C[C@H](C)C[C@H]2C(=O)N1. The summed E-state index contributed by atoms with van der Waals surface area (Å²) in [6.45, 7) is 11.4. The molecule has 2 saturated heterocycles. The molecule has 3 aliphatic rings. The van der Waals surface area contributed by atoms with Gasteiger partial charge in [0.25, 0.3) is 5.91 Å². The molecule has 0 radical (unpaired) electrons. The van der Waals surface area contributed by atoms with Crippen LogP contribution in [0.25, 0.3) is 0 Å². The third kappa shape index (κ3) is 10.5. The molecule has 12 nitrogen and oxygen atoms in total. The molecule has 2 aliphatic heterocycles. The Bertz CT molecular complexity index is 1330. The van der Waals surface area contributed by atoms with Crippen LogP contribution in [0.3, 0.4) is 0 Å². The molecule has 3 fully saturated rings. The van der Waals surface area contributed by atoms with Crippen molar-refractivity contribution in [3.05, 3.63) is 0 Å². The van der Waals surface area contributed by atoms with Crippen molar-refractivity contribution in [3.8, 4) is 0 Å². The molecule has 0 spiro atoms. The highest BCUT2D eigenvalue weighted by Gasteiger charge is 2.55. The van der Waals surface area contributed by atoms with Crippen LogP contribution in [0.1, 0.15) is 151 Å². The van der Waals surface area contributed by atoms with Gasteiger partial charge < -0.3 is 25.8 Å². The normalized spacial score (nSPS) is 26.1. The lowest BCUT2D eigenvalue weighted by molar-refractivity contribution is -0.146. The van der Waals surface area contributed by atoms with E-state index < -0.39 is 67.1 Å². The van der Waals surface area contributed by atoms with E-state index in [1.54, 1.807) is 34.7 Å². The molecule has 2 heterocycles. The van der Waals surface area contributed by atoms with Crippen LogP contribution >= 0.6 is 0 Å². The van der Waals surface area contributed by atoms with Crippen molar-refractivity contribution in [3.63, 3.8) is 0 Å². The van der Waals surface area contributed by atoms with Crippen LogP contribution in [0.5, 0.6) is 0 Å². The largest absolute Gasteiger partial charge is 0.344 e. The van der Waals surface area contributed by atoms with Gasteiger partial charge in [0.05, 0.1) is 21.6 Å². The first-order valence-corrected chi connectivity index (χ1v) is 21.3. The average Bonchev–Trinajstić information content (AvgIpc) is 3.48. The van der Waals surface area contributed by atoms with E-state index in [2.05, 4.69) is 16.0 Å². The maximum absolute atomic E-state index is 14.4. The molecule has 3 rings (SSSR count). The number of likely N-dealkylation sites (N-methyl/N-ethyl adjacent to an activating group) is 1. The van der Waals surface area contributed by atoms with E-state index in [9.17, 15) is 32.4 Å². The van der Waals surface area contributed by atoms with Gasteiger partial charge in [-0.1, -0.05) is 84.5 Å². The summed E-state index contributed by atoms with van der Waals surface area (Å²) in [6, 6.07) is -3.34. The summed E-state index contributed by atoms with van der Waals surface area (Å²) in [5.74, 6) is -2.10. The Morgan fingerprint density at radius 1 is 0.941 bits per heavy atom. The van der Waals surface area contributed by atoms with E-state index in [4.69, 9.17) is 0 Å². The smallest absolute Gasteiger partial charge is 0.315 e. The first-order chi connectivity index (χ1) is 24.0. The highest BCUT2D eigenvalue weighted by atomic mass is 32.2. The number of ketones is 1. The Labute approximate surface area is 307 Å². The molecule has 0 aromatic carbocycles. The Morgan fingerprint density at radius 3 is 2.06 bits per heavy atom. The summed E-state index contributed by atoms with van der Waals surface area (Å²) in [4.78, 5) is 71.6. The zero-order chi connectivity index (χ0) is 38.0. The number of fused-ring (bicyclic) bond motifs is 1. The zero-order valence-corrected chi connectivity index (χ0v) is 33.3. The number of hydrogen-bond acceptors (Lipinski definition) is 7. The molecule has 0 unspecified atom stereocenters. The van der Waals surface area contributed by atoms with E-state index in [0.29, 0.717) is 64.5 Å². The fraction of sp³-hybridized carbons (Fsp3) is 0.868. The summed E-state index contributed by atoms with van der Waals surface area (Å²) >= 11 is 0. The van der Waals surface area contributed by atoms with Gasteiger partial charge in [-0.05, 0) is 72.1 Å². The van der Waals surface area contributed by atoms with Gasteiger partial charge in [-0.25, -0.2) is 13.2 Å². The number of rotatable bonds is 9. The molecule has 0 aromatic rings. The molecule has 0 bridgehead atoms. The average molecular weight is 738 g/mol. The lowest BCUT2D eigenvalue weighted by atomic mass is 9.73. The molecule has 51 heavy (non-hydrogen) atoms. The minimum Gasteiger partial charge on any atom is -0.344 e. The number of nitrogens with zero attached hydrogens (tertiary/aromatic N) is 2. The van der Waals surface area contributed by atoms with Crippen LogP contribution in [-0.2, 0) is 29.0 Å². The monoisotopic (exact) mass is 737 g/mol. The second-order valence-corrected chi connectivity index (χ2v) is 19.4. The van der Waals surface area contributed by atoms with E-state index in [0.717, 1.165) is 57.8 Å². The van der Waals surface area contributed by atoms with Crippen LogP contribution in [0.2, 0.25) is 0 Å². The molecule has 3 N–H and O–H groups in total. The van der Waals surface area contributed by atoms with Crippen LogP contribution in [0.4, 0.5) is 4.79 Å². The Hall–Kier alpha value is -2.70. The standard InChI is InChI=1S/C38H67N5O7S/c1-8-24-42(7)35(47)32(44)29-20-16-13-11-9-10-12-14-17-21-30(34(46)43-26-28(4)25-31(43)33(45)39-29)40-36(48)41-38(22-18-15-19-23-38)37(5,6)51(49,50)27(2)3/h27-31H,8-26H2,1-7H3,(H,39,45)(H2,40,41,48)/t28-,29+,30+,31+/m1/s1. The van der Waals surface area contributed by atoms with Crippen molar-refractivity contribution in [1.29, 1.82) is 0 Å². The van der Waals surface area contributed by atoms with Crippen LogP contribution < -0.4 is 16.0 Å². The highest BCUT2D eigenvalue weighted by molar-refractivity contribution is 7.93. The van der Waals surface area contributed by atoms with E-state index in [1.807, 2.05) is 13.8 Å². The first-order valence-electron chi connectivity index (χ1n) is 19.7. The molecular weight excluding hydrogens is 671 g/mol. The lowest BCUT2D eigenvalue weighted by Crippen LogP contribution is -2.68. The van der Waals surface area contributed by atoms with Gasteiger partial charge in [0.15, 0.2) is 9.84 Å². The van der Waals surface area contributed by atoms with Crippen LogP contribution in [0, 0.1) is 5.92 Å². The van der Waals surface area contributed by atoms with Gasteiger partial charge in [0, 0.05) is 20.1 Å². The minimum absolute atomic E-state index is 0.00351. The minimum atomic E-state index is -3.62. The van der Waals surface area contributed by atoms with Crippen LogP contribution in [-0.4, -0.2) is 102 Å². The van der Waals surface area contributed by atoms with E-state index in [-0.39, 0.29) is 11.8 Å². The maximum Gasteiger partial charge on any atom is 0.315 e. The molecule has 4 atom stereocenters. The topological polar surface area (TPSA) is 162 Å².